The molecule has 1 aliphatic rings. The largest absolute Gasteiger partial charge is 0.342 e. The van der Waals surface area contributed by atoms with E-state index in [1.807, 2.05) is 6.92 Å². The first-order chi connectivity index (χ1) is 15.9. The number of nitrogens with zero attached hydrogens (tertiary/aromatic N) is 3. The van der Waals surface area contributed by atoms with Crippen LogP contribution in [0.15, 0.2) is 36.4 Å². The zero-order valence-electron chi connectivity index (χ0n) is 17.9. The van der Waals surface area contributed by atoms with Crippen LogP contribution in [0.4, 0.5) is 13.2 Å². The lowest BCUT2D eigenvalue weighted by Crippen LogP contribution is -2.45. The fraction of sp³-hybridized carbons (Fsp3) is 0.292. The number of rotatable bonds is 4. The molecule has 1 saturated heterocycles. The molecule has 33 heavy (non-hydrogen) atoms. The fourth-order valence-electron chi connectivity index (χ4n) is 4.40. The number of fused-ring (bicyclic) bond motifs is 1. The van der Waals surface area contributed by atoms with Gasteiger partial charge in [-0.2, -0.15) is 0 Å². The van der Waals surface area contributed by atoms with Gasteiger partial charge in [0.1, 0.15) is 22.9 Å². The van der Waals surface area contributed by atoms with Gasteiger partial charge in [0.25, 0.3) is 5.91 Å². The minimum absolute atomic E-state index is 0.0396. The molecule has 5 nitrogen and oxygen atoms in total. The zero-order chi connectivity index (χ0) is 23.1. The Morgan fingerprint density at radius 3 is 2.85 bits per heavy atom. The standard InChI is InChI=1S/C24H21F3N4OS/c1-13-28-22(23(33-13)14-5-4-6-15(25)11-14)24(32)31-10-3-2-7-16(31)12-19-29-18-9-8-17(26)20(27)21(18)30-19/h4-6,8-9,11,16H,2-3,7,10,12H2,1H3,(H,29,30). The molecule has 0 bridgehead atoms. The predicted octanol–water partition coefficient (Wildman–Crippen LogP) is 5.65. The first kappa shape index (κ1) is 21.6. The quantitative estimate of drug-likeness (QED) is 0.419. The molecule has 9 heteroatoms. The van der Waals surface area contributed by atoms with Gasteiger partial charge in [-0.25, -0.2) is 23.1 Å². The third-order valence-electron chi connectivity index (χ3n) is 5.94. The van der Waals surface area contributed by atoms with E-state index in [1.165, 1.54) is 29.5 Å². The highest BCUT2D eigenvalue weighted by molar-refractivity contribution is 7.15. The number of imidazole rings is 1. The molecule has 2 aromatic carbocycles. The number of carbonyl (C=O) groups is 1. The summed E-state index contributed by atoms with van der Waals surface area (Å²) in [6.07, 6.45) is 2.96. The van der Waals surface area contributed by atoms with Gasteiger partial charge in [0, 0.05) is 19.0 Å². The van der Waals surface area contributed by atoms with Gasteiger partial charge in [0.15, 0.2) is 11.6 Å². The van der Waals surface area contributed by atoms with Gasteiger partial charge in [-0.3, -0.25) is 4.79 Å². The summed E-state index contributed by atoms with van der Waals surface area (Å²) in [4.78, 5) is 27.8. The Morgan fingerprint density at radius 1 is 1.18 bits per heavy atom. The Kier molecular flexibility index (Phi) is 5.65. The zero-order valence-corrected chi connectivity index (χ0v) is 18.7. The summed E-state index contributed by atoms with van der Waals surface area (Å²) in [5, 5.41) is 0.723. The minimum atomic E-state index is -0.982. The Balaban J connectivity index is 1.45. The normalized spacial score (nSPS) is 16.5. The van der Waals surface area contributed by atoms with Crippen LogP contribution in [-0.4, -0.2) is 38.3 Å². The lowest BCUT2D eigenvalue weighted by molar-refractivity contribution is 0.0607. The molecule has 0 spiro atoms. The van der Waals surface area contributed by atoms with Crippen molar-refractivity contribution in [2.24, 2.45) is 0 Å². The highest BCUT2D eigenvalue weighted by Gasteiger charge is 2.32. The van der Waals surface area contributed by atoms with E-state index in [-0.39, 0.29) is 23.3 Å². The summed E-state index contributed by atoms with van der Waals surface area (Å²) in [5.41, 5.74) is 1.31. The number of aromatic amines is 1. The van der Waals surface area contributed by atoms with Crippen molar-refractivity contribution in [1.29, 1.82) is 0 Å². The second-order valence-corrected chi connectivity index (χ2v) is 9.42. The molecular formula is C24H21F3N4OS. The van der Waals surface area contributed by atoms with Crippen molar-refractivity contribution in [3.8, 4) is 10.4 Å². The molecule has 170 valence electrons. The SMILES string of the molecule is Cc1nc(C(=O)N2CCCCC2Cc2nc3c(F)c(F)ccc3[nH]2)c(-c2cccc(F)c2)s1. The molecule has 1 N–H and O–H groups in total. The van der Waals surface area contributed by atoms with Crippen molar-refractivity contribution in [2.75, 3.05) is 6.54 Å². The maximum absolute atomic E-state index is 14.1. The predicted molar refractivity (Wildman–Crippen MR) is 121 cm³/mol. The molecule has 2 aromatic heterocycles. The number of hydrogen-bond acceptors (Lipinski definition) is 4. The number of carbonyl (C=O) groups excluding carboxylic acids is 1. The average Bonchev–Trinajstić information content (AvgIpc) is 3.40. The van der Waals surface area contributed by atoms with Crippen LogP contribution < -0.4 is 0 Å². The maximum atomic E-state index is 14.1. The molecule has 1 amide bonds. The van der Waals surface area contributed by atoms with Crippen molar-refractivity contribution >= 4 is 28.3 Å². The number of halogens is 3. The third kappa shape index (κ3) is 4.13. The monoisotopic (exact) mass is 470 g/mol. The Labute approximate surface area is 192 Å². The molecule has 1 atom stereocenters. The van der Waals surface area contributed by atoms with Crippen molar-refractivity contribution in [3.05, 3.63) is 70.4 Å². The summed E-state index contributed by atoms with van der Waals surface area (Å²) in [6.45, 7) is 2.38. The average molecular weight is 471 g/mol. The minimum Gasteiger partial charge on any atom is -0.342 e. The van der Waals surface area contributed by atoms with Gasteiger partial charge >= 0.3 is 0 Å². The highest BCUT2D eigenvalue weighted by atomic mass is 32.1. The summed E-state index contributed by atoms with van der Waals surface area (Å²) >= 11 is 1.36. The number of benzene rings is 2. The number of thiazole rings is 1. The number of aromatic nitrogens is 3. The molecular weight excluding hydrogens is 449 g/mol. The smallest absolute Gasteiger partial charge is 0.274 e. The Bertz CT molecular complexity index is 1350. The highest BCUT2D eigenvalue weighted by Crippen LogP contribution is 2.33. The molecule has 0 saturated carbocycles. The van der Waals surface area contributed by atoms with Crippen molar-refractivity contribution in [1.82, 2.24) is 19.9 Å². The van der Waals surface area contributed by atoms with Crippen LogP contribution in [0.3, 0.4) is 0 Å². The van der Waals surface area contributed by atoms with Gasteiger partial charge in [-0.05, 0) is 56.0 Å². The van der Waals surface area contributed by atoms with E-state index in [2.05, 4.69) is 15.0 Å². The van der Waals surface area contributed by atoms with Crippen LogP contribution >= 0.6 is 11.3 Å². The van der Waals surface area contributed by atoms with Gasteiger partial charge in [-0.1, -0.05) is 12.1 Å². The molecule has 1 fully saturated rings. The van der Waals surface area contributed by atoms with Crippen LogP contribution in [0, 0.1) is 24.4 Å². The molecule has 1 aliphatic heterocycles. The van der Waals surface area contributed by atoms with E-state index in [4.69, 9.17) is 0 Å². The second kappa shape index (κ2) is 8.62. The van der Waals surface area contributed by atoms with Crippen LogP contribution in [0.1, 0.15) is 40.6 Å². The van der Waals surface area contributed by atoms with E-state index >= 15 is 0 Å². The molecule has 5 rings (SSSR count). The third-order valence-corrected chi connectivity index (χ3v) is 6.96. The Morgan fingerprint density at radius 2 is 2.03 bits per heavy atom. The topological polar surface area (TPSA) is 61.9 Å². The summed E-state index contributed by atoms with van der Waals surface area (Å²) < 4.78 is 41.5. The number of hydrogen-bond donors (Lipinski definition) is 1. The second-order valence-electron chi connectivity index (χ2n) is 8.21. The molecule has 4 aromatic rings. The molecule has 0 radical (unpaired) electrons. The van der Waals surface area contributed by atoms with Crippen molar-refractivity contribution in [3.63, 3.8) is 0 Å². The molecule has 3 heterocycles. The van der Waals surface area contributed by atoms with E-state index in [9.17, 15) is 18.0 Å². The number of nitrogens with one attached hydrogen (secondary N) is 1. The lowest BCUT2D eigenvalue weighted by atomic mass is 9.98. The maximum Gasteiger partial charge on any atom is 0.274 e. The number of amides is 1. The summed E-state index contributed by atoms with van der Waals surface area (Å²) in [7, 11) is 0. The summed E-state index contributed by atoms with van der Waals surface area (Å²) in [5.74, 6) is -2.01. The van der Waals surface area contributed by atoms with E-state index < -0.39 is 11.6 Å². The van der Waals surface area contributed by atoms with Gasteiger partial charge in [0.2, 0.25) is 0 Å². The van der Waals surface area contributed by atoms with Gasteiger partial charge < -0.3 is 9.88 Å². The number of likely N-dealkylation sites (tertiary alicyclic amines) is 1. The van der Waals surface area contributed by atoms with Crippen LogP contribution in [-0.2, 0) is 6.42 Å². The number of H-pyrrole nitrogens is 1. The van der Waals surface area contributed by atoms with Crippen LogP contribution in [0.2, 0.25) is 0 Å². The first-order valence-corrected chi connectivity index (χ1v) is 11.6. The van der Waals surface area contributed by atoms with Crippen LogP contribution in [0.5, 0.6) is 0 Å². The van der Waals surface area contributed by atoms with Crippen molar-refractivity contribution < 1.29 is 18.0 Å². The first-order valence-electron chi connectivity index (χ1n) is 10.8. The van der Waals surface area contributed by atoms with E-state index in [0.29, 0.717) is 40.4 Å². The van der Waals surface area contributed by atoms with Crippen LogP contribution in [0.25, 0.3) is 21.5 Å². The number of piperidine rings is 1. The van der Waals surface area contributed by atoms with Crippen molar-refractivity contribution in [2.45, 2.75) is 38.6 Å². The lowest BCUT2D eigenvalue weighted by Gasteiger charge is -2.35. The van der Waals surface area contributed by atoms with E-state index in [1.54, 1.807) is 17.0 Å². The van der Waals surface area contributed by atoms with E-state index in [0.717, 1.165) is 30.3 Å². The Hall–Kier alpha value is -3.20. The molecule has 0 aliphatic carbocycles. The molecule has 1 unspecified atom stereocenters. The summed E-state index contributed by atoms with van der Waals surface area (Å²) in [6, 6.07) is 8.50. The van der Waals surface area contributed by atoms with Gasteiger partial charge in [-0.15, -0.1) is 11.3 Å². The number of aryl methyl sites for hydroxylation is 1. The van der Waals surface area contributed by atoms with Gasteiger partial charge in [0.05, 0.1) is 15.4 Å². The fourth-order valence-corrected chi connectivity index (χ4v) is 5.31.